The van der Waals surface area contributed by atoms with E-state index in [9.17, 15) is 4.79 Å². The summed E-state index contributed by atoms with van der Waals surface area (Å²) < 4.78 is 6.56. The monoisotopic (exact) mass is 476 g/mol. The first-order valence-electron chi connectivity index (χ1n) is 7.94. The number of amides is 1. The van der Waals surface area contributed by atoms with Crippen LogP contribution in [-0.4, -0.2) is 17.7 Å². The van der Waals surface area contributed by atoms with E-state index in [1.807, 2.05) is 55.5 Å². The first kappa shape index (κ1) is 18.7. The molecule has 2 aromatic rings. The van der Waals surface area contributed by atoms with Crippen LogP contribution in [0.5, 0.6) is 5.75 Å². The second kappa shape index (κ2) is 8.55. The summed E-state index contributed by atoms with van der Waals surface area (Å²) in [6.45, 7) is 6.14. The molecule has 0 saturated carbocycles. The van der Waals surface area contributed by atoms with Crippen molar-refractivity contribution in [2.45, 2.75) is 6.92 Å². The Morgan fingerprint density at radius 2 is 2.04 bits per heavy atom. The Bertz CT molecular complexity index is 905. The van der Waals surface area contributed by atoms with Crippen molar-refractivity contribution in [2.24, 2.45) is 4.99 Å². The number of rotatable bonds is 5. The number of amidine groups is 1. The molecule has 0 aliphatic carbocycles. The van der Waals surface area contributed by atoms with Crippen LogP contribution in [0.3, 0.4) is 0 Å². The number of aryl methyl sites for hydroxylation is 1. The molecule has 4 nitrogen and oxygen atoms in total. The van der Waals surface area contributed by atoms with Gasteiger partial charge in [-0.3, -0.25) is 4.79 Å². The molecule has 0 atom stereocenters. The van der Waals surface area contributed by atoms with Crippen LogP contribution in [0.15, 0.2) is 65.0 Å². The van der Waals surface area contributed by atoms with Gasteiger partial charge in [0.05, 0.1) is 14.2 Å². The van der Waals surface area contributed by atoms with Crippen molar-refractivity contribution >= 4 is 57.2 Å². The maximum atomic E-state index is 12.2. The molecule has 0 bridgehead atoms. The molecule has 132 valence electrons. The van der Waals surface area contributed by atoms with Gasteiger partial charge in [0.25, 0.3) is 5.91 Å². The molecule has 3 rings (SSSR count). The van der Waals surface area contributed by atoms with Gasteiger partial charge in [-0.1, -0.05) is 36.4 Å². The van der Waals surface area contributed by atoms with E-state index in [1.54, 1.807) is 6.08 Å². The van der Waals surface area contributed by atoms with Crippen LogP contribution in [0.25, 0.3) is 6.08 Å². The lowest BCUT2D eigenvalue weighted by atomic mass is 10.2. The SMILES string of the molecule is C=CCOc1ccc(/C=C2/SC(=Nc3ccc(C)cc3)NC2=O)cc1I. The zero-order valence-corrected chi connectivity index (χ0v) is 17.1. The summed E-state index contributed by atoms with van der Waals surface area (Å²) >= 11 is 3.56. The van der Waals surface area contributed by atoms with Crippen LogP contribution in [-0.2, 0) is 4.79 Å². The van der Waals surface area contributed by atoms with E-state index < -0.39 is 0 Å². The van der Waals surface area contributed by atoms with Gasteiger partial charge < -0.3 is 10.1 Å². The second-order valence-corrected chi connectivity index (χ2v) is 7.80. The standard InChI is InChI=1S/C20H17IN2O2S/c1-3-10-25-17-9-6-14(11-16(17)21)12-18-19(24)23-20(26-18)22-15-7-4-13(2)5-8-15/h3-9,11-12H,1,10H2,2H3,(H,22,23,24)/b18-12+. The number of nitrogens with zero attached hydrogens (tertiary/aromatic N) is 1. The fourth-order valence-electron chi connectivity index (χ4n) is 2.24. The van der Waals surface area contributed by atoms with Gasteiger partial charge in [0, 0.05) is 0 Å². The van der Waals surface area contributed by atoms with Crippen LogP contribution in [0.4, 0.5) is 5.69 Å². The number of aliphatic imine (C=N–C) groups is 1. The molecule has 0 aromatic heterocycles. The van der Waals surface area contributed by atoms with E-state index in [-0.39, 0.29) is 5.91 Å². The molecule has 1 fully saturated rings. The Kier molecular flexibility index (Phi) is 6.16. The predicted octanol–water partition coefficient (Wildman–Crippen LogP) is 5.06. The summed E-state index contributed by atoms with van der Waals surface area (Å²) in [4.78, 5) is 17.3. The number of thioether (sulfide) groups is 1. The number of benzene rings is 2. The Morgan fingerprint density at radius 1 is 1.27 bits per heavy atom. The molecule has 1 saturated heterocycles. The number of carbonyl (C=O) groups excluding carboxylic acids is 1. The highest BCUT2D eigenvalue weighted by Crippen LogP contribution is 2.30. The first-order valence-corrected chi connectivity index (χ1v) is 9.84. The number of carbonyl (C=O) groups is 1. The molecule has 1 N–H and O–H groups in total. The summed E-state index contributed by atoms with van der Waals surface area (Å²) in [5.41, 5.74) is 2.93. The Balaban J connectivity index is 1.77. The molecule has 1 aliphatic rings. The van der Waals surface area contributed by atoms with Gasteiger partial charge in [-0.2, -0.15) is 0 Å². The Labute approximate surface area is 170 Å². The third-order valence-corrected chi connectivity index (χ3v) is 5.28. The zero-order valence-electron chi connectivity index (χ0n) is 14.2. The molecular formula is C20H17IN2O2S. The van der Waals surface area contributed by atoms with Crippen molar-refractivity contribution in [2.75, 3.05) is 6.61 Å². The van der Waals surface area contributed by atoms with Crippen molar-refractivity contribution in [1.29, 1.82) is 0 Å². The lowest BCUT2D eigenvalue weighted by molar-refractivity contribution is -0.115. The number of hydrogen-bond donors (Lipinski definition) is 1. The number of ether oxygens (including phenoxy) is 1. The quantitative estimate of drug-likeness (QED) is 0.373. The highest BCUT2D eigenvalue weighted by atomic mass is 127. The highest BCUT2D eigenvalue weighted by Gasteiger charge is 2.23. The van der Waals surface area contributed by atoms with Crippen LogP contribution in [0.1, 0.15) is 11.1 Å². The topological polar surface area (TPSA) is 50.7 Å². The fraction of sp³-hybridized carbons (Fsp3) is 0.100. The molecule has 6 heteroatoms. The van der Waals surface area contributed by atoms with Crippen molar-refractivity contribution in [3.05, 3.63) is 74.7 Å². The summed E-state index contributed by atoms with van der Waals surface area (Å²) in [6.07, 6.45) is 3.57. The maximum absolute atomic E-state index is 12.2. The maximum Gasteiger partial charge on any atom is 0.264 e. The third-order valence-electron chi connectivity index (χ3n) is 3.53. The highest BCUT2D eigenvalue weighted by molar-refractivity contribution is 14.1. The molecule has 0 radical (unpaired) electrons. The number of nitrogens with one attached hydrogen (secondary N) is 1. The van der Waals surface area contributed by atoms with Crippen molar-refractivity contribution in [1.82, 2.24) is 5.32 Å². The zero-order chi connectivity index (χ0) is 18.5. The summed E-state index contributed by atoms with van der Waals surface area (Å²) in [7, 11) is 0. The average molecular weight is 476 g/mol. The molecule has 1 aliphatic heterocycles. The second-order valence-electron chi connectivity index (χ2n) is 5.61. The number of halogens is 1. The van der Waals surface area contributed by atoms with E-state index in [0.29, 0.717) is 16.7 Å². The van der Waals surface area contributed by atoms with Crippen molar-refractivity contribution in [3.63, 3.8) is 0 Å². The van der Waals surface area contributed by atoms with E-state index in [0.717, 1.165) is 20.6 Å². The molecular weight excluding hydrogens is 459 g/mol. The van der Waals surface area contributed by atoms with Crippen LogP contribution in [0, 0.1) is 10.5 Å². The van der Waals surface area contributed by atoms with Gasteiger partial charge in [0.2, 0.25) is 0 Å². The summed E-state index contributed by atoms with van der Waals surface area (Å²) in [5.74, 6) is 0.667. The third kappa shape index (κ3) is 4.76. The van der Waals surface area contributed by atoms with Crippen LogP contribution < -0.4 is 10.1 Å². The minimum absolute atomic E-state index is 0.136. The molecule has 2 aromatic carbocycles. The van der Waals surface area contributed by atoms with Gasteiger partial charge in [0.1, 0.15) is 12.4 Å². The minimum Gasteiger partial charge on any atom is -0.488 e. The fourth-order valence-corrected chi connectivity index (χ4v) is 3.78. The minimum atomic E-state index is -0.136. The molecule has 1 heterocycles. The largest absolute Gasteiger partial charge is 0.488 e. The smallest absolute Gasteiger partial charge is 0.264 e. The van der Waals surface area contributed by atoms with Crippen molar-refractivity contribution in [3.8, 4) is 5.75 Å². The lowest BCUT2D eigenvalue weighted by Crippen LogP contribution is -2.19. The molecule has 0 spiro atoms. The van der Waals surface area contributed by atoms with Gasteiger partial charge in [-0.15, -0.1) is 0 Å². The number of hydrogen-bond acceptors (Lipinski definition) is 4. The van der Waals surface area contributed by atoms with Gasteiger partial charge >= 0.3 is 0 Å². The van der Waals surface area contributed by atoms with E-state index in [2.05, 4.69) is 39.5 Å². The first-order chi connectivity index (χ1) is 12.5. The van der Waals surface area contributed by atoms with Crippen LogP contribution in [0.2, 0.25) is 0 Å². The predicted molar refractivity (Wildman–Crippen MR) is 117 cm³/mol. The Hall–Kier alpha value is -2.06. The van der Waals surface area contributed by atoms with Crippen molar-refractivity contribution < 1.29 is 9.53 Å². The Morgan fingerprint density at radius 3 is 2.73 bits per heavy atom. The van der Waals surface area contributed by atoms with Crippen LogP contribution >= 0.6 is 34.4 Å². The average Bonchev–Trinajstić information content (AvgIpc) is 2.95. The van der Waals surface area contributed by atoms with Gasteiger partial charge in [-0.25, -0.2) is 4.99 Å². The normalized spacial score (nSPS) is 16.8. The van der Waals surface area contributed by atoms with E-state index in [4.69, 9.17) is 4.74 Å². The molecule has 26 heavy (non-hydrogen) atoms. The van der Waals surface area contributed by atoms with E-state index >= 15 is 0 Å². The molecule has 0 unspecified atom stereocenters. The lowest BCUT2D eigenvalue weighted by Gasteiger charge is -2.06. The summed E-state index contributed by atoms with van der Waals surface area (Å²) in [6, 6.07) is 13.7. The van der Waals surface area contributed by atoms with Gasteiger partial charge in [0.15, 0.2) is 5.17 Å². The van der Waals surface area contributed by atoms with E-state index in [1.165, 1.54) is 17.3 Å². The van der Waals surface area contributed by atoms with Gasteiger partial charge in [-0.05, 0) is 77.2 Å². The summed E-state index contributed by atoms with van der Waals surface area (Å²) in [5, 5.41) is 3.40. The molecule has 1 amide bonds.